The summed E-state index contributed by atoms with van der Waals surface area (Å²) in [6, 6.07) is 16.0. The highest BCUT2D eigenvalue weighted by atomic mass is 32.2. The van der Waals surface area contributed by atoms with E-state index in [-0.39, 0.29) is 4.90 Å². The van der Waals surface area contributed by atoms with Crippen molar-refractivity contribution in [3.05, 3.63) is 60.2 Å². The fourth-order valence-electron chi connectivity index (χ4n) is 2.26. The number of benzene rings is 2. The summed E-state index contributed by atoms with van der Waals surface area (Å²) in [5, 5.41) is 6.45. The molecule has 0 fully saturated rings. The molecule has 0 saturated carbocycles. The number of nitrogens with zero attached hydrogens (tertiary/aromatic N) is 1. The Balaban J connectivity index is 2.00. The Kier molecular flexibility index (Phi) is 7.52. The van der Waals surface area contributed by atoms with Crippen molar-refractivity contribution in [1.82, 2.24) is 9.62 Å². The fourth-order valence-corrected chi connectivity index (χ4v) is 3.64. The number of hydrogen-bond donors (Lipinski definition) is 2. The molecule has 6 nitrogen and oxygen atoms in total. The zero-order valence-electron chi connectivity index (χ0n) is 14.8. The Bertz CT molecular complexity index is 809. The molecular weight excluding hydrogens is 370 g/mol. The summed E-state index contributed by atoms with van der Waals surface area (Å²) < 4.78 is 31.7. The monoisotopic (exact) mass is 393 g/mol. The van der Waals surface area contributed by atoms with E-state index >= 15 is 0 Å². The van der Waals surface area contributed by atoms with Gasteiger partial charge in [0.15, 0.2) is 5.11 Å². The smallest absolute Gasteiger partial charge is 0.243 e. The number of sulfonamides is 1. The quantitative estimate of drug-likeness (QED) is 0.530. The topological polar surface area (TPSA) is 70.7 Å². The van der Waals surface area contributed by atoms with Gasteiger partial charge in [0.2, 0.25) is 10.0 Å². The zero-order chi connectivity index (χ0) is 19.0. The SMILES string of the molecule is COCCNC(=S)Nc1ccc(S(=O)(=O)N(C)Cc2ccccc2)cc1. The number of anilines is 1. The van der Waals surface area contributed by atoms with Gasteiger partial charge in [0.1, 0.15) is 0 Å². The van der Waals surface area contributed by atoms with Crippen molar-refractivity contribution >= 4 is 33.0 Å². The van der Waals surface area contributed by atoms with Crippen LogP contribution < -0.4 is 10.6 Å². The highest BCUT2D eigenvalue weighted by Gasteiger charge is 2.20. The van der Waals surface area contributed by atoms with Gasteiger partial charge >= 0.3 is 0 Å². The average molecular weight is 394 g/mol. The minimum atomic E-state index is -3.56. The van der Waals surface area contributed by atoms with E-state index in [9.17, 15) is 8.42 Å². The summed E-state index contributed by atoms with van der Waals surface area (Å²) >= 11 is 5.17. The van der Waals surface area contributed by atoms with Crippen LogP contribution in [0.3, 0.4) is 0 Å². The third kappa shape index (κ3) is 5.77. The number of methoxy groups -OCH3 is 1. The molecule has 0 amide bonds. The molecule has 26 heavy (non-hydrogen) atoms. The molecule has 0 spiro atoms. The molecule has 0 aliphatic heterocycles. The molecule has 2 aromatic rings. The maximum Gasteiger partial charge on any atom is 0.243 e. The molecule has 2 rings (SSSR count). The zero-order valence-corrected chi connectivity index (χ0v) is 16.4. The molecule has 0 radical (unpaired) electrons. The average Bonchev–Trinajstić information content (AvgIpc) is 2.63. The number of rotatable bonds is 8. The van der Waals surface area contributed by atoms with Crippen LogP contribution in [0.5, 0.6) is 0 Å². The van der Waals surface area contributed by atoms with Crippen molar-refractivity contribution in [3.8, 4) is 0 Å². The van der Waals surface area contributed by atoms with Gasteiger partial charge in [-0.25, -0.2) is 8.42 Å². The molecule has 0 bridgehead atoms. The molecule has 2 N–H and O–H groups in total. The van der Waals surface area contributed by atoms with Crippen molar-refractivity contribution in [2.45, 2.75) is 11.4 Å². The third-order valence-electron chi connectivity index (χ3n) is 3.66. The lowest BCUT2D eigenvalue weighted by atomic mass is 10.2. The van der Waals surface area contributed by atoms with Gasteiger partial charge < -0.3 is 15.4 Å². The molecule has 0 saturated heterocycles. The molecule has 0 atom stereocenters. The van der Waals surface area contributed by atoms with E-state index < -0.39 is 10.0 Å². The highest BCUT2D eigenvalue weighted by Crippen LogP contribution is 2.19. The summed E-state index contributed by atoms with van der Waals surface area (Å²) in [5.41, 5.74) is 1.65. The molecular formula is C18H23N3O3S2. The second-order valence-corrected chi connectivity index (χ2v) is 8.10. The van der Waals surface area contributed by atoms with Crippen LogP contribution in [0.25, 0.3) is 0 Å². The largest absolute Gasteiger partial charge is 0.383 e. The van der Waals surface area contributed by atoms with E-state index in [0.717, 1.165) is 5.56 Å². The summed E-state index contributed by atoms with van der Waals surface area (Å²) in [5.74, 6) is 0. The first-order chi connectivity index (χ1) is 12.4. The maximum absolute atomic E-state index is 12.7. The molecule has 0 heterocycles. The second-order valence-electron chi connectivity index (χ2n) is 5.64. The van der Waals surface area contributed by atoms with Crippen LogP contribution in [0.4, 0.5) is 5.69 Å². The fraction of sp³-hybridized carbons (Fsp3) is 0.278. The van der Waals surface area contributed by atoms with Crippen LogP contribution in [0.1, 0.15) is 5.56 Å². The molecule has 8 heteroatoms. The van der Waals surface area contributed by atoms with Gasteiger partial charge in [0, 0.05) is 32.9 Å². The number of thiocarbonyl (C=S) groups is 1. The van der Waals surface area contributed by atoms with Crippen molar-refractivity contribution in [1.29, 1.82) is 0 Å². The normalized spacial score (nSPS) is 11.3. The third-order valence-corrected chi connectivity index (χ3v) is 5.72. The second kappa shape index (κ2) is 9.63. The van der Waals surface area contributed by atoms with E-state index in [0.29, 0.717) is 30.5 Å². The van der Waals surface area contributed by atoms with Crippen molar-refractivity contribution < 1.29 is 13.2 Å². The van der Waals surface area contributed by atoms with Gasteiger partial charge in [-0.2, -0.15) is 4.31 Å². The van der Waals surface area contributed by atoms with Crippen LogP contribution in [-0.4, -0.2) is 45.1 Å². The summed E-state index contributed by atoms with van der Waals surface area (Å²) in [6.45, 7) is 1.46. The number of ether oxygens (including phenoxy) is 1. The van der Waals surface area contributed by atoms with Crippen molar-refractivity contribution in [2.75, 3.05) is 32.6 Å². The van der Waals surface area contributed by atoms with E-state index in [1.165, 1.54) is 4.31 Å². The van der Waals surface area contributed by atoms with Crippen LogP contribution in [0.2, 0.25) is 0 Å². The molecule has 140 valence electrons. The summed E-state index contributed by atoms with van der Waals surface area (Å²) in [4.78, 5) is 0.236. The van der Waals surface area contributed by atoms with Crippen LogP contribution in [0, 0.1) is 0 Å². The van der Waals surface area contributed by atoms with E-state index in [2.05, 4.69) is 10.6 Å². The maximum atomic E-state index is 12.7. The minimum absolute atomic E-state index is 0.236. The van der Waals surface area contributed by atoms with Crippen molar-refractivity contribution in [3.63, 3.8) is 0 Å². The minimum Gasteiger partial charge on any atom is -0.383 e. The molecule has 0 unspecified atom stereocenters. The standard InChI is InChI=1S/C18H23N3O3S2/c1-21(14-15-6-4-3-5-7-15)26(22,23)17-10-8-16(9-11-17)20-18(25)19-12-13-24-2/h3-11H,12-14H2,1-2H3,(H2,19,20,25). The van der Waals surface area contributed by atoms with Gasteiger partial charge in [0.25, 0.3) is 0 Å². The predicted molar refractivity (Wildman–Crippen MR) is 108 cm³/mol. The predicted octanol–water partition coefficient (Wildman–Crippen LogP) is 2.44. The lowest BCUT2D eigenvalue weighted by molar-refractivity contribution is 0.204. The van der Waals surface area contributed by atoms with E-state index in [1.54, 1.807) is 38.4 Å². The molecule has 0 aliphatic carbocycles. The molecule has 0 aliphatic rings. The van der Waals surface area contributed by atoms with Gasteiger partial charge in [-0.05, 0) is 42.0 Å². The Labute approximate surface area is 160 Å². The Hall–Kier alpha value is -2.00. The Morgan fingerprint density at radius 3 is 2.38 bits per heavy atom. The van der Waals surface area contributed by atoms with Crippen LogP contribution >= 0.6 is 12.2 Å². The van der Waals surface area contributed by atoms with Gasteiger partial charge in [-0.1, -0.05) is 30.3 Å². The number of nitrogens with one attached hydrogen (secondary N) is 2. The Morgan fingerprint density at radius 1 is 1.12 bits per heavy atom. The first-order valence-corrected chi connectivity index (χ1v) is 9.92. The first kappa shape index (κ1) is 20.3. The van der Waals surface area contributed by atoms with Gasteiger partial charge in [0.05, 0.1) is 11.5 Å². The Morgan fingerprint density at radius 2 is 1.77 bits per heavy atom. The lowest BCUT2D eigenvalue weighted by Gasteiger charge is -2.18. The van der Waals surface area contributed by atoms with E-state index in [4.69, 9.17) is 17.0 Å². The van der Waals surface area contributed by atoms with E-state index in [1.807, 2.05) is 30.3 Å². The number of hydrogen-bond acceptors (Lipinski definition) is 4. The first-order valence-electron chi connectivity index (χ1n) is 8.07. The molecule has 2 aromatic carbocycles. The summed E-state index contributed by atoms with van der Waals surface area (Å²) in [7, 11) is -0.369. The van der Waals surface area contributed by atoms with Crippen LogP contribution in [0.15, 0.2) is 59.5 Å². The lowest BCUT2D eigenvalue weighted by Crippen LogP contribution is -2.31. The van der Waals surface area contributed by atoms with Crippen LogP contribution in [-0.2, 0) is 21.3 Å². The molecule has 0 aromatic heterocycles. The van der Waals surface area contributed by atoms with Gasteiger partial charge in [-0.15, -0.1) is 0 Å². The highest BCUT2D eigenvalue weighted by molar-refractivity contribution is 7.89. The summed E-state index contributed by atoms with van der Waals surface area (Å²) in [6.07, 6.45) is 0. The van der Waals surface area contributed by atoms with Gasteiger partial charge in [-0.3, -0.25) is 0 Å². The van der Waals surface area contributed by atoms with Crippen molar-refractivity contribution in [2.24, 2.45) is 0 Å².